The van der Waals surface area contributed by atoms with E-state index in [0.29, 0.717) is 5.56 Å². The van der Waals surface area contributed by atoms with Crippen molar-refractivity contribution in [3.05, 3.63) is 41.2 Å². The molecule has 0 aliphatic rings. The highest BCUT2D eigenvalue weighted by atomic mass is 32.1. The van der Waals surface area contributed by atoms with Gasteiger partial charge in [0.1, 0.15) is 0 Å². The third-order valence-corrected chi connectivity index (χ3v) is 4.60. The molecule has 13 nitrogen and oxygen atoms in total. The average molecular weight is 465 g/mol. The van der Waals surface area contributed by atoms with Crippen molar-refractivity contribution in [2.75, 3.05) is 5.73 Å². The van der Waals surface area contributed by atoms with Gasteiger partial charge in [-0.1, -0.05) is 17.3 Å². The van der Waals surface area contributed by atoms with Crippen molar-refractivity contribution in [3.8, 4) is 0 Å². The van der Waals surface area contributed by atoms with Gasteiger partial charge in [-0.25, -0.2) is 9.59 Å². The van der Waals surface area contributed by atoms with E-state index in [9.17, 15) is 24.4 Å². The van der Waals surface area contributed by atoms with Crippen LogP contribution in [0, 0.1) is 0 Å². The Balaban J connectivity index is 2.29. The molecule has 32 heavy (non-hydrogen) atoms. The third kappa shape index (κ3) is 6.47. The predicted octanol–water partition coefficient (Wildman–Crippen LogP) is -0.858. The minimum atomic E-state index is -2.03. The normalized spacial score (nSPS) is 12.7. The van der Waals surface area contributed by atoms with E-state index in [1.807, 2.05) is 0 Å². The van der Waals surface area contributed by atoms with Crippen molar-refractivity contribution in [2.45, 2.75) is 31.8 Å². The molecule has 1 amide bonds. The van der Waals surface area contributed by atoms with Gasteiger partial charge in [0, 0.05) is 11.5 Å². The molecule has 2 rings (SSSR count). The molecule has 1 aromatic heterocycles. The number of oxime groups is 1. The molecule has 0 aliphatic heterocycles. The summed E-state index contributed by atoms with van der Waals surface area (Å²) in [6.45, 7) is 2.40. The molecule has 0 fully saturated rings. The summed E-state index contributed by atoms with van der Waals surface area (Å²) in [5, 5.41) is 43.6. The van der Waals surface area contributed by atoms with E-state index in [1.165, 1.54) is 32.0 Å². The highest BCUT2D eigenvalue weighted by Crippen LogP contribution is 2.14. The van der Waals surface area contributed by atoms with Gasteiger partial charge in [-0.15, -0.1) is 0 Å². The largest absolute Gasteiger partial charge is 0.478 e. The van der Waals surface area contributed by atoms with Crippen LogP contribution in [0.2, 0.25) is 0 Å². The van der Waals surface area contributed by atoms with Crippen molar-refractivity contribution >= 4 is 47.3 Å². The molecule has 1 atom stereocenters. The highest BCUT2D eigenvalue weighted by Gasteiger charge is 2.33. The van der Waals surface area contributed by atoms with Crippen LogP contribution in [-0.4, -0.2) is 71.8 Å². The van der Waals surface area contributed by atoms with Crippen molar-refractivity contribution in [3.63, 3.8) is 0 Å². The second-order valence-corrected chi connectivity index (χ2v) is 7.79. The summed E-state index contributed by atoms with van der Waals surface area (Å²) < 4.78 is 3.85. The molecule has 1 heterocycles. The topological polar surface area (TPSA) is 218 Å². The van der Waals surface area contributed by atoms with Crippen LogP contribution in [-0.2, 0) is 20.8 Å². The Morgan fingerprint density at radius 1 is 1.31 bits per heavy atom. The number of carbonyl (C=O) groups excluding carboxylic acids is 1. The number of nitrogens with zero attached hydrogens (tertiary/aromatic N) is 3. The van der Waals surface area contributed by atoms with Gasteiger partial charge in [0.15, 0.2) is 5.13 Å². The summed E-state index contributed by atoms with van der Waals surface area (Å²) in [6.07, 6.45) is -0.147. The first kappa shape index (κ1) is 24.7. The van der Waals surface area contributed by atoms with Gasteiger partial charge in [0.05, 0.1) is 11.5 Å². The maximum atomic E-state index is 12.8. The Labute approximate surface area is 185 Å². The Kier molecular flexibility index (Phi) is 7.85. The standard InChI is InChI=1S/C17H20BN5O8S/c1-17(2,15(27)28)31-22-11(12-21-16(19)32-23-12)13(24)20-10(18(29)30)7-8-4-3-5-9(6-8)14(25)26/h3-6,10,29-30H,7H2,1-2H3,(H,20,24)(H,25,26)(H,27,28)(H2,19,21,23)/b22-11-. The fraction of sp³-hybridized carbons (Fsp3) is 0.294. The summed E-state index contributed by atoms with van der Waals surface area (Å²) in [4.78, 5) is 44.0. The lowest BCUT2D eigenvalue weighted by atomic mass is 9.75. The minimum absolute atomic E-state index is 0.00206. The van der Waals surface area contributed by atoms with E-state index in [4.69, 9.17) is 20.8 Å². The first-order valence-corrected chi connectivity index (χ1v) is 9.76. The number of anilines is 1. The zero-order valence-corrected chi connectivity index (χ0v) is 17.7. The zero-order chi connectivity index (χ0) is 24.1. The fourth-order valence-corrected chi connectivity index (χ4v) is 2.70. The number of amides is 1. The van der Waals surface area contributed by atoms with Crippen molar-refractivity contribution in [1.29, 1.82) is 0 Å². The van der Waals surface area contributed by atoms with Crippen molar-refractivity contribution in [1.82, 2.24) is 14.7 Å². The molecule has 2 aromatic rings. The molecule has 0 aliphatic carbocycles. The van der Waals surface area contributed by atoms with Crippen LogP contribution >= 0.6 is 11.5 Å². The number of benzene rings is 1. The van der Waals surface area contributed by atoms with Gasteiger partial charge in [-0.05, 0) is 38.0 Å². The summed E-state index contributed by atoms with van der Waals surface area (Å²) in [7, 11) is -2.03. The summed E-state index contributed by atoms with van der Waals surface area (Å²) in [5.74, 6) is -5.08. The van der Waals surface area contributed by atoms with Crippen LogP contribution in [0.4, 0.5) is 5.13 Å². The molecule has 0 saturated carbocycles. The number of carbonyl (C=O) groups is 3. The van der Waals surface area contributed by atoms with Gasteiger partial charge in [0.25, 0.3) is 5.91 Å². The number of aromatic nitrogens is 2. The number of aliphatic carboxylic acids is 1. The number of hydrogen-bond acceptors (Lipinski definition) is 11. The van der Waals surface area contributed by atoms with Gasteiger partial charge < -0.3 is 36.1 Å². The lowest BCUT2D eigenvalue weighted by molar-refractivity contribution is -0.161. The lowest BCUT2D eigenvalue weighted by Gasteiger charge is -2.19. The maximum absolute atomic E-state index is 12.8. The van der Waals surface area contributed by atoms with Crippen LogP contribution in [0.3, 0.4) is 0 Å². The molecule has 1 unspecified atom stereocenters. The number of rotatable bonds is 10. The number of nitrogen functional groups attached to an aromatic ring is 1. The fourth-order valence-electron chi connectivity index (χ4n) is 2.27. The Morgan fingerprint density at radius 3 is 2.53 bits per heavy atom. The Hall–Kier alpha value is -3.56. The van der Waals surface area contributed by atoms with Crippen molar-refractivity contribution < 1.29 is 39.5 Å². The number of nitrogens with two attached hydrogens (primary N) is 1. The smallest absolute Gasteiger partial charge is 0.475 e. The van der Waals surface area contributed by atoms with Gasteiger partial charge in [-0.3, -0.25) is 4.79 Å². The summed E-state index contributed by atoms with van der Waals surface area (Å²) in [5.41, 5.74) is 3.58. The SMILES string of the molecule is CC(C)(O/N=C(\C(=O)NC(Cc1cccc(C(=O)O)c1)B(O)O)c1nsc(N)n1)C(=O)O. The zero-order valence-electron chi connectivity index (χ0n) is 16.9. The van der Waals surface area contributed by atoms with Gasteiger partial charge in [0.2, 0.25) is 17.1 Å². The first-order valence-electron chi connectivity index (χ1n) is 8.99. The number of aromatic carboxylic acids is 1. The molecule has 15 heteroatoms. The van der Waals surface area contributed by atoms with E-state index in [1.54, 1.807) is 6.07 Å². The van der Waals surface area contributed by atoms with Gasteiger partial charge in [-0.2, -0.15) is 9.36 Å². The second-order valence-electron chi connectivity index (χ2n) is 7.01. The molecular weight excluding hydrogens is 445 g/mol. The van der Waals surface area contributed by atoms with Crippen LogP contribution in [0.5, 0.6) is 0 Å². The second kappa shape index (κ2) is 10.2. The molecule has 1 aromatic carbocycles. The van der Waals surface area contributed by atoms with E-state index in [0.717, 1.165) is 11.5 Å². The van der Waals surface area contributed by atoms with E-state index >= 15 is 0 Å². The van der Waals surface area contributed by atoms with E-state index in [2.05, 4.69) is 19.8 Å². The quantitative estimate of drug-likeness (QED) is 0.144. The van der Waals surface area contributed by atoms with Crippen LogP contribution < -0.4 is 11.1 Å². The molecule has 170 valence electrons. The molecule has 0 spiro atoms. The predicted molar refractivity (Wildman–Crippen MR) is 113 cm³/mol. The van der Waals surface area contributed by atoms with Crippen LogP contribution in [0.25, 0.3) is 0 Å². The number of nitrogens with one attached hydrogen (secondary N) is 1. The molecular formula is C17H20BN5O8S. The van der Waals surface area contributed by atoms with E-state index in [-0.39, 0.29) is 22.9 Å². The maximum Gasteiger partial charge on any atom is 0.475 e. The van der Waals surface area contributed by atoms with E-state index < -0.39 is 42.2 Å². The van der Waals surface area contributed by atoms with Crippen LogP contribution in [0.1, 0.15) is 35.6 Å². The monoisotopic (exact) mass is 465 g/mol. The van der Waals surface area contributed by atoms with Crippen LogP contribution in [0.15, 0.2) is 29.4 Å². The number of carboxylic acids is 2. The minimum Gasteiger partial charge on any atom is -0.478 e. The molecule has 0 saturated heterocycles. The number of hydrogen-bond donors (Lipinski definition) is 6. The van der Waals surface area contributed by atoms with Crippen molar-refractivity contribution in [2.24, 2.45) is 5.16 Å². The van der Waals surface area contributed by atoms with Gasteiger partial charge >= 0.3 is 19.1 Å². The molecule has 0 radical (unpaired) electrons. The summed E-state index contributed by atoms with van der Waals surface area (Å²) in [6, 6.07) is 5.70. The molecule has 7 N–H and O–H groups in total. The molecule has 0 bridgehead atoms. The Bertz CT molecular complexity index is 1040. The average Bonchev–Trinajstić information content (AvgIpc) is 3.13. The third-order valence-electron chi connectivity index (χ3n) is 4.05. The first-order chi connectivity index (χ1) is 14.9. The highest BCUT2D eigenvalue weighted by molar-refractivity contribution is 7.09. The lowest BCUT2D eigenvalue weighted by Crippen LogP contribution is -2.50. The summed E-state index contributed by atoms with van der Waals surface area (Å²) >= 11 is 0.751. The number of carboxylic acid groups (broad SMARTS) is 2. The Morgan fingerprint density at radius 2 is 2.00 bits per heavy atom.